The van der Waals surface area contributed by atoms with Gasteiger partial charge in [0.1, 0.15) is 6.04 Å². The van der Waals surface area contributed by atoms with E-state index in [4.69, 9.17) is 10.8 Å². The standard InChI is InChI=1S/C5H9N3O3/c6-5(10)4-1-3(9)2-8(4)7-11/h3-4,9H,1-2H2,(H2,6,10)/t3-,4+/m1/s1. The lowest BCUT2D eigenvalue weighted by molar-refractivity contribution is -0.122. The van der Waals surface area contributed by atoms with E-state index in [9.17, 15) is 9.70 Å². The van der Waals surface area contributed by atoms with Gasteiger partial charge in [0.25, 0.3) is 0 Å². The van der Waals surface area contributed by atoms with E-state index in [0.29, 0.717) is 0 Å². The number of nitroso groups, excluding NO2 is 1. The van der Waals surface area contributed by atoms with Crippen molar-refractivity contribution in [2.75, 3.05) is 6.54 Å². The summed E-state index contributed by atoms with van der Waals surface area (Å²) in [6, 6.07) is -0.734. The number of nitrogens with zero attached hydrogens (tertiary/aromatic N) is 2. The van der Waals surface area contributed by atoms with Gasteiger partial charge in [-0.25, -0.2) is 5.01 Å². The third kappa shape index (κ3) is 1.45. The highest BCUT2D eigenvalue weighted by atomic mass is 16.3. The molecule has 0 bridgehead atoms. The number of primary amides is 1. The lowest BCUT2D eigenvalue weighted by Crippen LogP contribution is -2.36. The van der Waals surface area contributed by atoms with Gasteiger partial charge in [0.05, 0.1) is 17.9 Å². The van der Waals surface area contributed by atoms with Crippen LogP contribution in [0, 0.1) is 4.91 Å². The molecular formula is C5H9N3O3. The van der Waals surface area contributed by atoms with Crippen LogP contribution in [0.25, 0.3) is 0 Å². The molecule has 0 aliphatic carbocycles. The highest BCUT2D eigenvalue weighted by Crippen LogP contribution is 2.16. The lowest BCUT2D eigenvalue weighted by atomic mass is 10.2. The molecule has 6 heteroatoms. The van der Waals surface area contributed by atoms with Gasteiger partial charge in [0, 0.05) is 6.42 Å². The van der Waals surface area contributed by atoms with Gasteiger partial charge in [-0.1, -0.05) is 0 Å². The molecule has 1 aliphatic rings. The molecule has 0 spiro atoms. The lowest BCUT2D eigenvalue weighted by Gasteiger charge is -2.12. The van der Waals surface area contributed by atoms with Crippen LogP contribution in [0.4, 0.5) is 0 Å². The van der Waals surface area contributed by atoms with Crippen molar-refractivity contribution in [2.24, 2.45) is 11.0 Å². The zero-order chi connectivity index (χ0) is 8.43. The van der Waals surface area contributed by atoms with E-state index in [1.807, 2.05) is 0 Å². The normalized spacial score (nSPS) is 30.5. The average Bonchev–Trinajstić information content (AvgIpc) is 2.30. The first-order valence-corrected chi connectivity index (χ1v) is 3.22. The van der Waals surface area contributed by atoms with E-state index in [2.05, 4.69) is 5.29 Å². The predicted molar refractivity (Wildman–Crippen MR) is 36.1 cm³/mol. The summed E-state index contributed by atoms with van der Waals surface area (Å²) < 4.78 is 0. The molecule has 1 amide bonds. The highest BCUT2D eigenvalue weighted by molar-refractivity contribution is 5.80. The molecule has 1 rings (SSSR count). The summed E-state index contributed by atoms with van der Waals surface area (Å²) in [6.45, 7) is 0.0944. The monoisotopic (exact) mass is 159 g/mol. The van der Waals surface area contributed by atoms with Gasteiger partial charge in [-0.05, 0) is 0 Å². The van der Waals surface area contributed by atoms with Crippen LogP contribution in [0.15, 0.2) is 5.29 Å². The van der Waals surface area contributed by atoms with Crippen LogP contribution in [0.1, 0.15) is 6.42 Å². The minimum Gasteiger partial charge on any atom is -0.391 e. The number of hydrogen-bond acceptors (Lipinski definition) is 4. The number of hydrogen-bond donors (Lipinski definition) is 2. The molecule has 11 heavy (non-hydrogen) atoms. The zero-order valence-corrected chi connectivity index (χ0v) is 5.80. The molecule has 3 N–H and O–H groups in total. The number of aliphatic hydroxyl groups is 1. The first-order chi connectivity index (χ1) is 5.15. The molecule has 0 saturated carbocycles. The number of carbonyl (C=O) groups excluding carboxylic acids is 1. The van der Waals surface area contributed by atoms with E-state index in [0.717, 1.165) is 5.01 Å². The van der Waals surface area contributed by atoms with Crippen LogP contribution >= 0.6 is 0 Å². The topological polar surface area (TPSA) is 96.0 Å². The summed E-state index contributed by atoms with van der Waals surface area (Å²) in [4.78, 5) is 20.6. The molecule has 1 saturated heterocycles. The third-order valence-electron chi connectivity index (χ3n) is 1.69. The number of nitrogens with two attached hydrogens (primary N) is 1. The summed E-state index contributed by atoms with van der Waals surface area (Å²) in [5.41, 5.74) is 4.94. The summed E-state index contributed by atoms with van der Waals surface area (Å²) >= 11 is 0. The Morgan fingerprint density at radius 1 is 1.73 bits per heavy atom. The van der Waals surface area contributed by atoms with Crippen LogP contribution in [0.3, 0.4) is 0 Å². The smallest absolute Gasteiger partial charge is 0.242 e. The van der Waals surface area contributed by atoms with Gasteiger partial charge in [0.2, 0.25) is 5.91 Å². The molecule has 62 valence electrons. The number of aliphatic hydroxyl groups excluding tert-OH is 1. The second-order valence-corrected chi connectivity index (χ2v) is 2.51. The van der Waals surface area contributed by atoms with Gasteiger partial charge >= 0.3 is 0 Å². The van der Waals surface area contributed by atoms with Crippen molar-refractivity contribution in [3.8, 4) is 0 Å². The van der Waals surface area contributed by atoms with Crippen LogP contribution < -0.4 is 5.73 Å². The maximum absolute atomic E-state index is 10.6. The Bertz CT molecular complexity index is 184. The number of amides is 1. The van der Waals surface area contributed by atoms with Gasteiger partial charge in [-0.15, -0.1) is 4.91 Å². The minimum atomic E-state index is -0.734. The van der Waals surface area contributed by atoms with Gasteiger partial charge in [0.15, 0.2) is 0 Å². The first-order valence-electron chi connectivity index (χ1n) is 3.22. The van der Waals surface area contributed by atoms with E-state index in [1.54, 1.807) is 0 Å². The summed E-state index contributed by atoms with van der Waals surface area (Å²) in [5.74, 6) is -0.624. The molecule has 0 aromatic carbocycles. The molecule has 1 aliphatic heterocycles. The summed E-state index contributed by atoms with van der Waals surface area (Å²) in [6.07, 6.45) is -0.480. The Balaban J connectivity index is 2.64. The summed E-state index contributed by atoms with van der Waals surface area (Å²) in [5, 5.41) is 12.5. The second kappa shape index (κ2) is 2.83. The molecule has 0 unspecified atom stereocenters. The molecule has 6 nitrogen and oxygen atoms in total. The van der Waals surface area contributed by atoms with Crippen molar-refractivity contribution in [3.63, 3.8) is 0 Å². The molecule has 0 aromatic rings. The van der Waals surface area contributed by atoms with E-state index in [-0.39, 0.29) is 13.0 Å². The van der Waals surface area contributed by atoms with E-state index < -0.39 is 18.1 Å². The van der Waals surface area contributed by atoms with Gasteiger partial charge in [-0.3, -0.25) is 4.79 Å². The molecule has 2 atom stereocenters. The fourth-order valence-corrected chi connectivity index (χ4v) is 1.15. The Labute approximate surface area is 62.9 Å². The van der Waals surface area contributed by atoms with Crippen molar-refractivity contribution < 1.29 is 9.90 Å². The zero-order valence-electron chi connectivity index (χ0n) is 5.80. The molecule has 1 heterocycles. The Kier molecular flexibility index (Phi) is 2.04. The molecule has 0 aromatic heterocycles. The van der Waals surface area contributed by atoms with E-state index in [1.165, 1.54) is 0 Å². The third-order valence-corrected chi connectivity index (χ3v) is 1.69. The number of carbonyl (C=O) groups is 1. The first kappa shape index (κ1) is 7.93. The van der Waals surface area contributed by atoms with Crippen molar-refractivity contribution in [3.05, 3.63) is 4.91 Å². The average molecular weight is 159 g/mol. The number of β-amino-alcohol motifs (C(OH)–C–C–N with tert-alkyl or cyclic N) is 1. The van der Waals surface area contributed by atoms with Crippen molar-refractivity contribution >= 4 is 5.91 Å². The van der Waals surface area contributed by atoms with Crippen LogP contribution in [0.5, 0.6) is 0 Å². The molecule has 1 fully saturated rings. The maximum atomic E-state index is 10.6. The van der Waals surface area contributed by atoms with Crippen LogP contribution in [-0.2, 0) is 4.79 Å². The Morgan fingerprint density at radius 2 is 2.36 bits per heavy atom. The van der Waals surface area contributed by atoms with E-state index >= 15 is 0 Å². The van der Waals surface area contributed by atoms with Gasteiger partial charge in [-0.2, -0.15) is 0 Å². The number of rotatable bonds is 2. The Hall–Kier alpha value is -1.17. The molecule has 0 radical (unpaired) electrons. The second-order valence-electron chi connectivity index (χ2n) is 2.51. The van der Waals surface area contributed by atoms with Gasteiger partial charge < -0.3 is 10.8 Å². The minimum absolute atomic E-state index is 0.0944. The Morgan fingerprint density at radius 3 is 2.73 bits per heavy atom. The molecular weight excluding hydrogens is 150 g/mol. The SMILES string of the molecule is NC(=O)[C@@H]1C[C@@H](O)CN1N=O. The van der Waals surface area contributed by atoms with Crippen LogP contribution in [-0.4, -0.2) is 34.7 Å². The predicted octanol–water partition coefficient (Wildman–Crippen LogP) is -1.41. The maximum Gasteiger partial charge on any atom is 0.242 e. The van der Waals surface area contributed by atoms with Crippen molar-refractivity contribution in [1.29, 1.82) is 0 Å². The highest BCUT2D eigenvalue weighted by Gasteiger charge is 2.34. The fourth-order valence-electron chi connectivity index (χ4n) is 1.15. The largest absolute Gasteiger partial charge is 0.391 e. The summed E-state index contributed by atoms with van der Waals surface area (Å²) in [7, 11) is 0. The van der Waals surface area contributed by atoms with Crippen LogP contribution in [0.2, 0.25) is 0 Å². The quantitative estimate of drug-likeness (QED) is 0.484. The fraction of sp³-hybridized carbons (Fsp3) is 0.800. The van der Waals surface area contributed by atoms with Crippen molar-refractivity contribution in [2.45, 2.75) is 18.6 Å². The van der Waals surface area contributed by atoms with Crippen molar-refractivity contribution in [1.82, 2.24) is 5.01 Å².